The number of aromatic nitrogens is 3. The van der Waals surface area contributed by atoms with E-state index in [9.17, 15) is 0 Å². The van der Waals surface area contributed by atoms with Gasteiger partial charge in [-0.2, -0.15) is 0 Å². The van der Waals surface area contributed by atoms with E-state index in [1.165, 1.54) is 18.4 Å². The van der Waals surface area contributed by atoms with Crippen LogP contribution < -0.4 is 0 Å². The Hall–Kier alpha value is -1.91. The fourth-order valence-corrected chi connectivity index (χ4v) is 3.33. The first-order valence-corrected chi connectivity index (χ1v) is 8.44. The van der Waals surface area contributed by atoms with Crippen molar-refractivity contribution in [2.24, 2.45) is 0 Å². The van der Waals surface area contributed by atoms with Crippen LogP contribution in [-0.4, -0.2) is 32.5 Å². The highest BCUT2D eigenvalue weighted by atomic mass is 35.5. The normalized spacial score (nSPS) is 15.5. The lowest BCUT2D eigenvalue weighted by atomic mass is 10.2. The molecular formula is C18H19ClN4. The lowest BCUT2D eigenvalue weighted by Crippen LogP contribution is -2.21. The lowest BCUT2D eigenvalue weighted by molar-refractivity contribution is 0.318. The summed E-state index contributed by atoms with van der Waals surface area (Å²) < 4.78 is 2.23. The Kier molecular flexibility index (Phi) is 4.02. The molecule has 1 aromatic carbocycles. The van der Waals surface area contributed by atoms with E-state index in [0.29, 0.717) is 0 Å². The molecular weight excluding hydrogens is 308 g/mol. The molecule has 1 fully saturated rings. The van der Waals surface area contributed by atoms with E-state index in [1.807, 2.05) is 30.5 Å². The maximum atomic E-state index is 6.00. The SMILES string of the molecule is Clc1ccc(Cn2c(CN3CCCC3)nc3cccnc32)cc1. The molecule has 5 heteroatoms. The Morgan fingerprint density at radius 2 is 1.78 bits per heavy atom. The molecule has 0 unspecified atom stereocenters. The molecule has 2 aromatic heterocycles. The molecule has 1 aliphatic heterocycles. The number of nitrogens with zero attached hydrogens (tertiary/aromatic N) is 4. The van der Waals surface area contributed by atoms with Gasteiger partial charge in [0.1, 0.15) is 11.3 Å². The van der Waals surface area contributed by atoms with E-state index in [0.717, 1.165) is 48.2 Å². The van der Waals surface area contributed by atoms with Crippen molar-refractivity contribution in [2.75, 3.05) is 13.1 Å². The molecule has 118 valence electrons. The molecule has 0 saturated carbocycles. The first-order valence-electron chi connectivity index (χ1n) is 8.06. The molecule has 23 heavy (non-hydrogen) atoms. The summed E-state index contributed by atoms with van der Waals surface area (Å²) in [5.41, 5.74) is 3.13. The highest BCUT2D eigenvalue weighted by Crippen LogP contribution is 2.20. The zero-order valence-corrected chi connectivity index (χ0v) is 13.7. The smallest absolute Gasteiger partial charge is 0.160 e. The highest BCUT2D eigenvalue weighted by molar-refractivity contribution is 6.30. The minimum Gasteiger partial charge on any atom is -0.307 e. The van der Waals surface area contributed by atoms with Crippen LogP contribution in [0.5, 0.6) is 0 Å². The highest BCUT2D eigenvalue weighted by Gasteiger charge is 2.17. The van der Waals surface area contributed by atoms with Gasteiger partial charge in [0.15, 0.2) is 5.65 Å². The van der Waals surface area contributed by atoms with Gasteiger partial charge in [0, 0.05) is 11.2 Å². The van der Waals surface area contributed by atoms with E-state index in [2.05, 4.69) is 26.6 Å². The second kappa shape index (κ2) is 6.30. The summed E-state index contributed by atoms with van der Waals surface area (Å²) in [5.74, 6) is 1.09. The van der Waals surface area contributed by atoms with E-state index < -0.39 is 0 Å². The van der Waals surface area contributed by atoms with Gasteiger partial charge in [-0.25, -0.2) is 9.97 Å². The minimum atomic E-state index is 0.764. The number of benzene rings is 1. The van der Waals surface area contributed by atoms with Crippen molar-refractivity contribution in [1.82, 2.24) is 19.4 Å². The molecule has 1 saturated heterocycles. The van der Waals surface area contributed by atoms with Crippen LogP contribution in [0.2, 0.25) is 5.02 Å². The van der Waals surface area contributed by atoms with E-state index in [4.69, 9.17) is 16.6 Å². The van der Waals surface area contributed by atoms with Gasteiger partial charge < -0.3 is 4.57 Å². The van der Waals surface area contributed by atoms with Crippen molar-refractivity contribution in [2.45, 2.75) is 25.9 Å². The maximum Gasteiger partial charge on any atom is 0.160 e. The Balaban J connectivity index is 1.71. The van der Waals surface area contributed by atoms with Crippen LogP contribution in [-0.2, 0) is 13.1 Å². The van der Waals surface area contributed by atoms with Crippen LogP contribution in [0.15, 0.2) is 42.6 Å². The number of hydrogen-bond donors (Lipinski definition) is 0. The van der Waals surface area contributed by atoms with Crippen LogP contribution >= 0.6 is 11.6 Å². The second-order valence-electron chi connectivity index (χ2n) is 6.07. The monoisotopic (exact) mass is 326 g/mol. The third-order valence-electron chi connectivity index (χ3n) is 4.40. The zero-order valence-electron chi connectivity index (χ0n) is 13.0. The standard InChI is InChI=1S/C18H19ClN4/c19-15-7-5-14(6-8-15)12-23-17(13-22-10-1-2-11-22)21-16-4-3-9-20-18(16)23/h3-9H,1-2,10-13H2. The summed E-state index contributed by atoms with van der Waals surface area (Å²) in [6, 6.07) is 12.0. The van der Waals surface area contributed by atoms with Crippen LogP contribution in [0.1, 0.15) is 24.2 Å². The van der Waals surface area contributed by atoms with Gasteiger partial charge in [0.25, 0.3) is 0 Å². The average Bonchev–Trinajstić information content (AvgIpc) is 3.19. The number of imidazole rings is 1. The number of likely N-dealkylation sites (tertiary alicyclic amines) is 1. The first-order chi connectivity index (χ1) is 11.3. The fourth-order valence-electron chi connectivity index (χ4n) is 3.21. The Bertz CT molecular complexity index is 804. The van der Waals surface area contributed by atoms with Crippen molar-refractivity contribution in [1.29, 1.82) is 0 Å². The van der Waals surface area contributed by atoms with Crippen LogP contribution in [0.3, 0.4) is 0 Å². The van der Waals surface area contributed by atoms with Crippen molar-refractivity contribution >= 4 is 22.8 Å². The molecule has 4 nitrogen and oxygen atoms in total. The number of halogens is 1. The molecule has 0 aliphatic carbocycles. The summed E-state index contributed by atoms with van der Waals surface area (Å²) in [6.45, 7) is 3.99. The van der Waals surface area contributed by atoms with Crippen molar-refractivity contribution in [3.05, 3.63) is 59.0 Å². The quantitative estimate of drug-likeness (QED) is 0.732. The third kappa shape index (κ3) is 3.09. The third-order valence-corrected chi connectivity index (χ3v) is 4.65. The Labute approximate surface area is 140 Å². The molecule has 0 bridgehead atoms. The van der Waals surface area contributed by atoms with E-state index in [1.54, 1.807) is 0 Å². The number of fused-ring (bicyclic) bond motifs is 1. The maximum absolute atomic E-state index is 6.00. The van der Waals surface area contributed by atoms with Gasteiger partial charge in [0.2, 0.25) is 0 Å². The van der Waals surface area contributed by atoms with E-state index >= 15 is 0 Å². The van der Waals surface area contributed by atoms with Crippen LogP contribution in [0, 0.1) is 0 Å². The summed E-state index contributed by atoms with van der Waals surface area (Å²) in [7, 11) is 0. The van der Waals surface area contributed by atoms with Gasteiger partial charge in [0.05, 0.1) is 13.1 Å². The average molecular weight is 327 g/mol. The molecule has 4 rings (SSSR count). The second-order valence-corrected chi connectivity index (χ2v) is 6.51. The Morgan fingerprint density at radius 3 is 2.57 bits per heavy atom. The van der Waals surface area contributed by atoms with Gasteiger partial charge in [-0.05, 0) is 55.8 Å². The van der Waals surface area contributed by atoms with Crippen molar-refractivity contribution < 1.29 is 0 Å². The molecule has 0 spiro atoms. The lowest BCUT2D eigenvalue weighted by Gasteiger charge is -2.15. The van der Waals surface area contributed by atoms with Gasteiger partial charge in [-0.3, -0.25) is 4.90 Å². The largest absolute Gasteiger partial charge is 0.307 e. The topological polar surface area (TPSA) is 34.0 Å². The van der Waals surface area contributed by atoms with Gasteiger partial charge >= 0.3 is 0 Å². The van der Waals surface area contributed by atoms with Gasteiger partial charge in [-0.15, -0.1) is 0 Å². The summed E-state index contributed by atoms with van der Waals surface area (Å²) >= 11 is 6.00. The van der Waals surface area contributed by atoms with Gasteiger partial charge in [-0.1, -0.05) is 23.7 Å². The molecule has 0 amide bonds. The molecule has 0 radical (unpaired) electrons. The minimum absolute atomic E-state index is 0.764. The molecule has 0 N–H and O–H groups in total. The Morgan fingerprint density at radius 1 is 1.00 bits per heavy atom. The van der Waals surface area contributed by atoms with E-state index in [-0.39, 0.29) is 0 Å². The number of hydrogen-bond acceptors (Lipinski definition) is 3. The fraction of sp³-hybridized carbons (Fsp3) is 0.333. The van der Waals surface area contributed by atoms with Crippen molar-refractivity contribution in [3.8, 4) is 0 Å². The molecule has 3 aromatic rings. The number of pyridine rings is 1. The number of rotatable bonds is 4. The van der Waals surface area contributed by atoms with Crippen LogP contribution in [0.25, 0.3) is 11.2 Å². The van der Waals surface area contributed by atoms with Crippen LogP contribution in [0.4, 0.5) is 0 Å². The molecule has 3 heterocycles. The summed E-state index contributed by atoms with van der Waals surface area (Å²) in [4.78, 5) is 11.8. The van der Waals surface area contributed by atoms with Crippen molar-refractivity contribution in [3.63, 3.8) is 0 Å². The molecule has 1 aliphatic rings. The molecule has 0 atom stereocenters. The summed E-state index contributed by atoms with van der Waals surface area (Å²) in [5, 5.41) is 0.764. The zero-order chi connectivity index (χ0) is 15.6. The predicted octanol–water partition coefficient (Wildman–Crippen LogP) is 3.73. The summed E-state index contributed by atoms with van der Waals surface area (Å²) in [6.07, 6.45) is 4.41. The predicted molar refractivity (Wildman–Crippen MR) is 92.6 cm³/mol. The first kappa shape index (κ1) is 14.7.